The minimum atomic E-state index is 0.745. The van der Waals surface area contributed by atoms with Gasteiger partial charge in [-0.1, -0.05) is 38.8 Å². The first-order valence-corrected chi connectivity index (χ1v) is 6.23. The molecule has 0 unspecified atom stereocenters. The van der Waals surface area contributed by atoms with E-state index in [0.29, 0.717) is 0 Å². The molecule has 2 nitrogen and oxygen atoms in total. The molecule has 1 rings (SSSR count). The van der Waals surface area contributed by atoms with Gasteiger partial charge >= 0.3 is 0 Å². The molecule has 0 heterocycles. The Morgan fingerprint density at radius 1 is 0.812 bits per heavy atom. The van der Waals surface area contributed by atoms with Gasteiger partial charge in [0.2, 0.25) is 0 Å². The quantitative estimate of drug-likeness (QED) is 0.618. The monoisotopic (exact) mass is 222 g/mol. The Bertz CT molecular complexity index is 284. The molecule has 0 fully saturated rings. The summed E-state index contributed by atoms with van der Waals surface area (Å²) in [7, 11) is 0. The van der Waals surface area contributed by atoms with E-state index in [4.69, 9.17) is 9.47 Å². The first-order valence-electron chi connectivity index (χ1n) is 6.23. The van der Waals surface area contributed by atoms with Crippen molar-refractivity contribution in [3.63, 3.8) is 0 Å². The van der Waals surface area contributed by atoms with Crippen LogP contribution in [0.25, 0.3) is 0 Å². The van der Waals surface area contributed by atoms with Crippen molar-refractivity contribution in [3.8, 4) is 11.5 Å². The molecule has 0 amide bonds. The van der Waals surface area contributed by atoms with E-state index in [1.807, 2.05) is 24.3 Å². The number of rotatable bonds is 8. The molecule has 2 heteroatoms. The first kappa shape index (κ1) is 12.9. The molecule has 0 aliphatic rings. The highest BCUT2D eigenvalue weighted by Crippen LogP contribution is 2.26. The van der Waals surface area contributed by atoms with Gasteiger partial charge in [-0.15, -0.1) is 0 Å². The molecule has 16 heavy (non-hydrogen) atoms. The Morgan fingerprint density at radius 2 is 1.44 bits per heavy atom. The molecule has 0 aliphatic heterocycles. The second-order valence-corrected chi connectivity index (χ2v) is 3.85. The van der Waals surface area contributed by atoms with Gasteiger partial charge in [-0.2, -0.15) is 0 Å². The number of para-hydroxylation sites is 2. The van der Waals surface area contributed by atoms with Crippen molar-refractivity contribution in [2.45, 2.75) is 39.5 Å². The van der Waals surface area contributed by atoms with Crippen molar-refractivity contribution < 1.29 is 9.47 Å². The van der Waals surface area contributed by atoms with Gasteiger partial charge in [0.1, 0.15) is 0 Å². The highest BCUT2D eigenvalue weighted by Gasteiger charge is 2.02. The van der Waals surface area contributed by atoms with E-state index >= 15 is 0 Å². The highest BCUT2D eigenvalue weighted by molar-refractivity contribution is 5.39. The maximum absolute atomic E-state index is 5.71. The maximum Gasteiger partial charge on any atom is 0.161 e. The zero-order chi connectivity index (χ0) is 11.6. The van der Waals surface area contributed by atoms with Crippen LogP contribution in [0.5, 0.6) is 11.5 Å². The van der Waals surface area contributed by atoms with Crippen LogP contribution in [0, 0.1) is 0 Å². The molecule has 0 radical (unpaired) electrons. The van der Waals surface area contributed by atoms with Crippen molar-refractivity contribution in [1.82, 2.24) is 0 Å². The van der Waals surface area contributed by atoms with Gasteiger partial charge in [-0.25, -0.2) is 0 Å². The second kappa shape index (κ2) is 8.03. The van der Waals surface area contributed by atoms with Gasteiger partial charge in [0.25, 0.3) is 0 Å². The fourth-order valence-electron chi connectivity index (χ4n) is 1.43. The Hall–Kier alpha value is -1.18. The average molecular weight is 222 g/mol. The van der Waals surface area contributed by atoms with Crippen LogP contribution in [0.15, 0.2) is 24.3 Å². The summed E-state index contributed by atoms with van der Waals surface area (Å²) in [6.45, 7) is 5.82. The van der Waals surface area contributed by atoms with E-state index in [1.54, 1.807) is 0 Å². The van der Waals surface area contributed by atoms with Gasteiger partial charge in [0.05, 0.1) is 13.2 Å². The lowest BCUT2D eigenvalue weighted by Crippen LogP contribution is -2.01. The number of ether oxygens (including phenoxy) is 2. The smallest absolute Gasteiger partial charge is 0.161 e. The van der Waals surface area contributed by atoms with E-state index in [1.165, 1.54) is 12.8 Å². The van der Waals surface area contributed by atoms with E-state index in [9.17, 15) is 0 Å². The summed E-state index contributed by atoms with van der Waals surface area (Å²) in [6, 6.07) is 7.89. The average Bonchev–Trinajstić information content (AvgIpc) is 2.33. The molecule has 1 aromatic rings. The molecule has 0 aliphatic carbocycles. The molecule has 1 aromatic carbocycles. The van der Waals surface area contributed by atoms with Crippen LogP contribution in [-0.2, 0) is 0 Å². The summed E-state index contributed by atoms with van der Waals surface area (Å²) in [4.78, 5) is 0. The summed E-state index contributed by atoms with van der Waals surface area (Å²) in [5.74, 6) is 1.73. The van der Waals surface area contributed by atoms with Crippen LogP contribution in [0.2, 0.25) is 0 Å². The second-order valence-electron chi connectivity index (χ2n) is 3.85. The Labute approximate surface area is 98.6 Å². The summed E-state index contributed by atoms with van der Waals surface area (Å²) in [5, 5.41) is 0. The molecule has 0 spiro atoms. The molecule has 0 saturated heterocycles. The van der Waals surface area contributed by atoms with Gasteiger partial charge in [-0.3, -0.25) is 0 Å². The van der Waals surface area contributed by atoms with Gasteiger partial charge in [-0.05, 0) is 25.0 Å². The normalized spacial score (nSPS) is 10.1. The molecule has 0 atom stereocenters. The van der Waals surface area contributed by atoms with Crippen LogP contribution in [0.1, 0.15) is 39.5 Å². The standard InChI is InChI=1S/C14H22O2/c1-3-5-8-12-16-14-10-7-6-9-13(14)15-11-4-2/h6-7,9-10H,3-5,8,11-12H2,1-2H3. The zero-order valence-corrected chi connectivity index (χ0v) is 10.4. The van der Waals surface area contributed by atoms with Crippen LogP contribution in [-0.4, -0.2) is 13.2 Å². The fraction of sp³-hybridized carbons (Fsp3) is 0.571. The van der Waals surface area contributed by atoms with E-state index in [-0.39, 0.29) is 0 Å². The fourth-order valence-corrected chi connectivity index (χ4v) is 1.43. The Kier molecular flexibility index (Phi) is 6.47. The van der Waals surface area contributed by atoms with E-state index in [0.717, 1.165) is 37.6 Å². The van der Waals surface area contributed by atoms with Crippen molar-refractivity contribution in [2.24, 2.45) is 0 Å². The van der Waals surface area contributed by atoms with E-state index in [2.05, 4.69) is 13.8 Å². The van der Waals surface area contributed by atoms with Gasteiger partial charge in [0.15, 0.2) is 11.5 Å². The largest absolute Gasteiger partial charge is 0.490 e. The predicted octanol–water partition coefficient (Wildman–Crippen LogP) is 4.04. The lowest BCUT2D eigenvalue weighted by molar-refractivity contribution is 0.264. The SMILES string of the molecule is CCCCCOc1ccccc1OCCC. The summed E-state index contributed by atoms with van der Waals surface area (Å²) in [6.07, 6.45) is 4.57. The number of hydrogen-bond donors (Lipinski definition) is 0. The van der Waals surface area contributed by atoms with E-state index < -0.39 is 0 Å². The van der Waals surface area contributed by atoms with Crippen molar-refractivity contribution >= 4 is 0 Å². The third kappa shape index (κ3) is 4.56. The zero-order valence-electron chi connectivity index (χ0n) is 10.4. The molecule has 0 aromatic heterocycles. The maximum atomic E-state index is 5.71. The van der Waals surface area contributed by atoms with Crippen LogP contribution in [0.4, 0.5) is 0 Å². The van der Waals surface area contributed by atoms with Gasteiger partial charge in [0, 0.05) is 0 Å². The molecule has 90 valence electrons. The number of benzene rings is 1. The topological polar surface area (TPSA) is 18.5 Å². The van der Waals surface area contributed by atoms with Crippen LogP contribution >= 0.6 is 0 Å². The lowest BCUT2D eigenvalue weighted by Gasteiger charge is -2.11. The Balaban J connectivity index is 2.43. The van der Waals surface area contributed by atoms with Crippen molar-refractivity contribution in [1.29, 1.82) is 0 Å². The minimum absolute atomic E-state index is 0.745. The molecule has 0 bridgehead atoms. The number of hydrogen-bond acceptors (Lipinski definition) is 2. The third-order valence-electron chi connectivity index (χ3n) is 2.32. The summed E-state index contributed by atoms with van der Waals surface area (Å²) >= 11 is 0. The minimum Gasteiger partial charge on any atom is -0.490 e. The highest BCUT2D eigenvalue weighted by atomic mass is 16.5. The Morgan fingerprint density at radius 3 is 2.00 bits per heavy atom. The molecular formula is C14H22O2. The third-order valence-corrected chi connectivity index (χ3v) is 2.32. The number of unbranched alkanes of at least 4 members (excludes halogenated alkanes) is 2. The van der Waals surface area contributed by atoms with Crippen molar-refractivity contribution in [2.75, 3.05) is 13.2 Å². The molecular weight excluding hydrogens is 200 g/mol. The van der Waals surface area contributed by atoms with Gasteiger partial charge < -0.3 is 9.47 Å². The van der Waals surface area contributed by atoms with Crippen LogP contribution < -0.4 is 9.47 Å². The lowest BCUT2D eigenvalue weighted by atomic mass is 10.2. The van der Waals surface area contributed by atoms with Crippen molar-refractivity contribution in [3.05, 3.63) is 24.3 Å². The molecule has 0 N–H and O–H groups in total. The summed E-state index contributed by atoms with van der Waals surface area (Å²) < 4.78 is 11.3. The molecule has 0 saturated carbocycles. The van der Waals surface area contributed by atoms with Crippen LogP contribution in [0.3, 0.4) is 0 Å². The first-order chi connectivity index (χ1) is 7.88. The summed E-state index contributed by atoms with van der Waals surface area (Å²) in [5.41, 5.74) is 0. The predicted molar refractivity (Wildman–Crippen MR) is 67.2 cm³/mol.